The molecule has 0 aliphatic carbocycles. The van der Waals surface area contributed by atoms with Gasteiger partial charge in [0.05, 0.1) is 10.5 Å². The fourth-order valence-electron chi connectivity index (χ4n) is 2.03. The van der Waals surface area contributed by atoms with Crippen molar-refractivity contribution in [1.29, 1.82) is 0 Å². The van der Waals surface area contributed by atoms with E-state index < -0.39 is 21.8 Å². The Morgan fingerprint density at radius 3 is 2.25 bits per heavy atom. The zero-order valence-electron chi connectivity index (χ0n) is 14.1. The van der Waals surface area contributed by atoms with E-state index in [0.29, 0.717) is 12.5 Å². The lowest BCUT2D eigenvalue weighted by Crippen LogP contribution is -2.34. The van der Waals surface area contributed by atoms with Crippen molar-refractivity contribution in [2.24, 2.45) is 11.7 Å². The first-order valence-electron chi connectivity index (χ1n) is 7.27. The predicted molar refractivity (Wildman–Crippen MR) is 90.7 cm³/mol. The Hall–Kier alpha value is -0.830. The maximum absolute atomic E-state index is 12.9. The molecule has 0 radical (unpaired) electrons. The fourth-order valence-corrected chi connectivity index (χ4v) is 3.24. The van der Waals surface area contributed by atoms with E-state index in [1.165, 1.54) is 26.1 Å². The van der Waals surface area contributed by atoms with Gasteiger partial charge in [0.1, 0.15) is 0 Å². The van der Waals surface area contributed by atoms with Gasteiger partial charge in [0.15, 0.2) is 0 Å². The van der Waals surface area contributed by atoms with Crippen LogP contribution in [0.25, 0.3) is 0 Å². The molecule has 0 saturated heterocycles. The molecule has 1 atom stereocenters. The third-order valence-corrected chi connectivity index (χ3v) is 5.71. The smallest absolute Gasteiger partial charge is 0.327 e. The van der Waals surface area contributed by atoms with Crippen LogP contribution in [0.5, 0.6) is 0 Å². The quantitative estimate of drug-likeness (QED) is 0.812. The predicted octanol–water partition coefficient (Wildman–Crippen LogP) is 3.43. The molecule has 0 heterocycles. The van der Waals surface area contributed by atoms with Gasteiger partial charge in [0.2, 0.25) is 10.0 Å². The minimum Gasteiger partial charge on any atom is -0.327 e. The Bertz CT molecular complexity index is 649. The summed E-state index contributed by atoms with van der Waals surface area (Å²) in [6.45, 7) is 5.30. The molecule has 1 unspecified atom stereocenters. The monoisotopic (exact) mass is 388 g/mol. The fraction of sp³-hybridized carbons (Fsp3) is 0.600. The van der Waals surface area contributed by atoms with Crippen LogP contribution >= 0.6 is 12.4 Å². The van der Waals surface area contributed by atoms with Gasteiger partial charge in [-0.15, -0.1) is 12.4 Å². The molecule has 0 saturated carbocycles. The topological polar surface area (TPSA) is 63.4 Å². The van der Waals surface area contributed by atoms with Gasteiger partial charge < -0.3 is 5.73 Å². The van der Waals surface area contributed by atoms with Crippen molar-refractivity contribution >= 4 is 22.4 Å². The summed E-state index contributed by atoms with van der Waals surface area (Å²) in [7, 11) is -2.64. The van der Waals surface area contributed by atoms with Crippen LogP contribution in [-0.2, 0) is 16.2 Å². The lowest BCUT2D eigenvalue weighted by Gasteiger charge is -2.22. The first-order chi connectivity index (χ1) is 10.4. The summed E-state index contributed by atoms with van der Waals surface area (Å²) >= 11 is 0. The summed E-state index contributed by atoms with van der Waals surface area (Å²) in [5.41, 5.74) is 4.93. The number of sulfonamides is 1. The van der Waals surface area contributed by atoms with E-state index in [1.54, 1.807) is 0 Å². The van der Waals surface area contributed by atoms with Crippen molar-refractivity contribution in [2.75, 3.05) is 13.6 Å². The number of hydrogen-bond donors (Lipinski definition) is 1. The van der Waals surface area contributed by atoms with E-state index in [2.05, 4.69) is 0 Å². The minimum atomic E-state index is -4.59. The standard InChI is InChI=1S/C15H23F3N2O2S.ClH/c1-10(2)14(19)7-8-20(4)23(21,22)12-6-5-11(3)13(9-12)15(16,17)18;/h5-6,9-10,14H,7-8,19H2,1-4H3;1H. The number of alkyl halides is 3. The highest BCUT2D eigenvalue weighted by molar-refractivity contribution is 7.89. The van der Waals surface area contributed by atoms with Crippen molar-refractivity contribution in [3.05, 3.63) is 29.3 Å². The van der Waals surface area contributed by atoms with Crippen molar-refractivity contribution in [2.45, 2.75) is 44.3 Å². The molecule has 1 aromatic rings. The molecular formula is C15H24ClF3N2O2S. The number of nitrogens with two attached hydrogens (primary N) is 1. The summed E-state index contributed by atoms with van der Waals surface area (Å²) in [5.74, 6) is 0.197. The molecule has 9 heteroatoms. The number of nitrogens with zero attached hydrogens (tertiary/aromatic N) is 1. The molecule has 0 spiro atoms. The maximum atomic E-state index is 12.9. The van der Waals surface area contributed by atoms with Crippen molar-refractivity contribution < 1.29 is 21.6 Å². The lowest BCUT2D eigenvalue weighted by molar-refractivity contribution is -0.138. The molecule has 0 aromatic heterocycles. The first-order valence-corrected chi connectivity index (χ1v) is 8.71. The van der Waals surface area contributed by atoms with Gasteiger partial charge in [-0.2, -0.15) is 13.2 Å². The Labute approximate surface area is 147 Å². The van der Waals surface area contributed by atoms with Gasteiger partial charge in [-0.25, -0.2) is 12.7 Å². The summed E-state index contributed by atoms with van der Waals surface area (Å²) in [4.78, 5) is -0.365. The van der Waals surface area contributed by atoms with Gasteiger partial charge in [0, 0.05) is 19.6 Å². The Morgan fingerprint density at radius 1 is 1.25 bits per heavy atom. The summed E-state index contributed by atoms with van der Waals surface area (Å²) in [6, 6.07) is 2.88. The van der Waals surface area contributed by atoms with Gasteiger partial charge in [-0.05, 0) is 37.0 Å². The molecule has 2 N–H and O–H groups in total. The largest absolute Gasteiger partial charge is 0.416 e. The van der Waals surface area contributed by atoms with E-state index in [-0.39, 0.29) is 41.4 Å². The van der Waals surface area contributed by atoms with Crippen LogP contribution in [0.4, 0.5) is 13.2 Å². The SMILES string of the molecule is Cc1ccc(S(=O)(=O)N(C)CCC(N)C(C)C)cc1C(F)(F)F.Cl. The van der Waals surface area contributed by atoms with Crippen LogP contribution < -0.4 is 5.73 Å². The third-order valence-electron chi connectivity index (χ3n) is 3.86. The Balaban J connectivity index is 0.00000529. The maximum Gasteiger partial charge on any atom is 0.416 e. The second-order valence-corrected chi connectivity index (χ2v) is 8.04. The van der Waals surface area contributed by atoms with Crippen LogP contribution in [-0.4, -0.2) is 32.4 Å². The number of aryl methyl sites for hydroxylation is 1. The number of benzene rings is 1. The van der Waals surface area contributed by atoms with Crippen molar-refractivity contribution in [3.63, 3.8) is 0 Å². The van der Waals surface area contributed by atoms with Gasteiger partial charge in [-0.3, -0.25) is 0 Å². The molecular weight excluding hydrogens is 365 g/mol. The molecule has 140 valence electrons. The summed E-state index contributed by atoms with van der Waals surface area (Å²) in [6.07, 6.45) is -4.15. The summed E-state index contributed by atoms with van der Waals surface area (Å²) in [5, 5.41) is 0. The highest BCUT2D eigenvalue weighted by Gasteiger charge is 2.34. The van der Waals surface area contributed by atoms with E-state index >= 15 is 0 Å². The lowest BCUT2D eigenvalue weighted by atomic mass is 10.0. The second kappa shape index (κ2) is 8.51. The Kier molecular flexibility index (Phi) is 8.22. The number of rotatable bonds is 6. The van der Waals surface area contributed by atoms with Crippen molar-refractivity contribution in [3.8, 4) is 0 Å². The van der Waals surface area contributed by atoms with Crippen LogP contribution in [0.1, 0.15) is 31.4 Å². The van der Waals surface area contributed by atoms with Crippen molar-refractivity contribution in [1.82, 2.24) is 4.31 Å². The molecule has 0 amide bonds. The molecule has 4 nitrogen and oxygen atoms in total. The number of hydrogen-bond acceptors (Lipinski definition) is 3. The highest BCUT2D eigenvalue weighted by atomic mass is 35.5. The average Bonchev–Trinajstić information content (AvgIpc) is 2.42. The molecule has 0 fully saturated rings. The van der Waals surface area contributed by atoms with E-state index in [0.717, 1.165) is 4.31 Å². The zero-order valence-corrected chi connectivity index (χ0v) is 15.7. The second-order valence-electron chi connectivity index (χ2n) is 6.00. The van der Waals surface area contributed by atoms with E-state index in [4.69, 9.17) is 5.73 Å². The Morgan fingerprint density at radius 2 is 1.79 bits per heavy atom. The summed E-state index contributed by atoms with van der Waals surface area (Å²) < 4.78 is 64.7. The molecule has 0 aliphatic rings. The highest BCUT2D eigenvalue weighted by Crippen LogP contribution is 2.33. The number of halogens is 4. The van der Waals surface area contributed by atoms with E-state index in [9.17, 15) is 21.6 Å². The molecule has 1 rings (SSSR count). The normalized spacial score (nSPS) is 13.9. The average molecular weight is 389 g/mol. The van der Waals surface area contributed by atoms with Crippen LogP contribution in [0.2, 0.25) is 0 Å². The van der Waals surface area contributed by atoms with Crippen LogP contribution in [0.15, 0.2) is 23.1 Å². The first kappa shape index (κ1) is 23.2. The van der Waals surface area contributed by atoms with Gasteiger partial charge in [-0.1, -0.05) is 19.9 Å². The zero-order chi connectivity index (χ0) is 18.0. The third kappa shape index (κ3) is 5.61. The molecule has 0 aliphatic heterocycles. The van der Waals surface area contributed by atoms with Gasteiger partial charge in [0.25, 0.3) is 0 Å². The minimum absolute atomic E-state index is 0. The molecule has 0 bridgehead atoms. The molecule has 24 heavy (non-hydrogen) atoms. The van der Waals surface area contributed by atoms with Crippen LogP contribution in [0, 0.1) is 12.8 Å². The van der Waals surface area contributed by atoms with Gasteiger partial charge >= 0.3 is 6.18 Å². The molecule has 1 aromatic carbocycles. The van der Waals surface area contributed by atoms with E-state index in [1.807, 2.05) is 13.8 Å². The van der Waals surface area contributed by atoms with Crippen LogP contribution in [0.3, 0.4) is 0 Å².